The van der Waals surface area contributed by atoms with E-state index in [1.807, 2.05) is 0 Å². The van der Waals surface area contributed by atoms with Gasteiger partial charge in [-0.1, -0.05) is 156 Å². The molecule has 0 aromatic carbocycles. The molecule has 0 aromatic rings. The zero-order chi connectivity index (χ0) is 23.2. The minimum atomic E-state index is -1.59. The molecule has 2 heteroatoms. The van der Waals surface area contributed by atoms with Crippen LogP contribution in [0.25, 0.3) is 0 Å². The lowest BCUT2D eigenvalue weighted by atomic mass is 9.98. The minimum Gasteiger partial charge on any atom is -0.414 e. The molecule has 1 saturated carbocycles. The van der Waals surface area contributed by atoms with Gasteiger partial charge in [0.2, 0.25) is 0 Å². The first-order valence-electron chi connectivity index (χ1n) is 15.4. The lowest BCUT2D eigenvalue weighted by Crippen LogP contribution is -2.42. The molecule has 192 valence electrons. The van der Waals surface area contributed by atoms with Crippen LogP contribution in [0.4, 0.5) is 0 Å². The molecular weight excluding hydrogens is 404 g/mol. The molecule has 0 saturated heterocycles. The van der Waals surface area contributed by atoms with Crippen LogP contribution in [0.5, 0.6) is 0 Å². The Labute approximate surface area is 205 Å². The molecule has 1 aliphatic rings. The van der Waals surface area contributed by atoms with Gasteiger partial charge in [-0.15, -0.1) is 0 Å². The molecule has 0 amide bonds. The standard InChI is InChI=1S/C30H62OSi/c1-4-7-10-13-16-22-27-32(28-23-17-14-11-8-5-2,29-24-18-15-12-9-6-3)31-30-25-20-19-21-26-30/h30H,4-29H2,1-3H3. The first-order chi connectivity index (χ1) is 15.8. The molecule has 32 heavy (non-hydrogen) atoms. The molecular formula is C30H62OSi. The van der Waals surface area contributed by atoms with Crippen LogP contribution in [0.2, 0.25) is 18.1 Å². The van der Waals surface area contributed by atoms with E-state index < -0.39 is 8.32 Å². The fraction of sp³-hybridized carbons (Fsp3) is 1.00. The fourth-order valence-electron chi connectivity index (χ4n) is 5.77. The molecule has 0 spiro atoms. The van der Waals surface area contributed by atoms with Crippen LogP contribution >= 0.6 is 0 Å². The van der Waals surface area contributed by atoms with Gasteiger partial charge in [0.25, 0.3) is 0 Å². The highest BCUT2D eigenvalue weighted by molar-refractivity contribution is 6.73. The molecule has 0 bridgehead atoms. The van der Waals surface area contributed by atoms with Crippen molar-refractivity contribution in [2.75, 3.05) is 0 Å². The predicted octanol–water partition coefficient (Wildman–Crippen LogP) is 11.4. The summed E-state index contributed by atoms with van der Waals surface area (Å²) in [6.45, 7) is 6.99. The van der Waals surface area contributed by atoms with E-state index in [1.54, 1.807) is 0 Å². The zero-order valence-electron chi connectivity index (χ0n) is 22.9. The molecule has 1 fully saturated rings. The maximum atomic E-state index is 7.30. The topological polar surface area (TPSA) is 9.23 Å². The van der Waals surface area contributed by atoms with Crippen LogP contribution < -0.4 is 0 Å². The normalized spacial score (nSPS) is 15.5. The van der Waals surface area contributed by atoms with E-state index in [0.29, 0.717) is 6.10 Å². The smallest absolute Gasteiger partial charge is 0.193 e. The third-order valence-corrected chi connectivity index (χ3v) is 12.6. The summed E-state index contributed by atoms with van der Waals surface area (Å²) < 4.78 is 7.30. The summed E-state index contributed by atoms with van der Waals surface area (Å²) in [4.78, 5) is 0. The average Bonchev–Trinajstić information content (AvgIpc) is 2.81. The van der Waals surface area contributed by atoms with E-state index in [-0.39, 0.29) is 0 Å². The van der Waals surface area contributed by atoms with Gasteiger partial charge in [0.05, 0.1) is 0 Å². The van der Waals surface area contributed by atoms with Crippen molar-refractivity contribution in [3.05, 3.63) is 0 Å². The summed E-state index contributed by atoms with van der Waals surface area (Å²) in [5.74, 6) is 0. The highest BCUT2D eigenvalue weighted by Gasteiger charge is 2.36. The minimum absolute atomic E-state index is 0.621. The highest BCUT2D eigenvalue weighted by atomic mass is 28.4. The highest BCUT2D eigenvalue weighted by Crippen LogP contribution is 2.35. The van der Waals surface area contributed by atoms with Crippen LogP contribution in [0.1, 0.15) is 168 Å². The van der Waals surface area contributed by atoms with E-state index in [4.69, 9.17) is 4.43 Å². The Bertz CT molecular complexity index is 336. The van der Waals surface area contributed by atoms with Crippen LogP contribution in [0.3, 0.4) is 0 Å². The van der Waals surface area contributed by atoms with E-state index in [9.17, 15) is 0 Å². The van der Waals surface area contributed by atoms with Crippen molar-refractivity contribution in [1.29, 1.82) is 0 Å². The summed E-state index contributed by atoms with van der Waals surface area (Å²) in [6.07, 6.45) is 33.4. The van der Waals surface area contributed by atoms with Crippen molar-refractivity contribution in [2.45, 2.75) is 193 Å². The lowest BCUT2D eigenvalue weighted by Gasteiger charge is -2.37. The van der Waals surface area contributed by atoms with Crippen LogP contribution in [-0.2, 0) is 4.43 Å². The van der Waals surface area contributed by atoms with Gasteiger partial charge in [-0.05, 0) is 31.0 Å². The van der Waals surface area contributed by atoms with Crippen molar-refractivity contribution in [3.8, 4) is 0 Å². The van der Waals surface area contributed by atoms with E-state index in [2.05, 4.69) is 20.8 Å². The van der Waals surface area contributed by atoms with Gasteiger partial charge in [0, 0.05) is 6.10 Å². The third-order valence-electron chi connectivity index (χ3n) is 7.93. The number of rotatable bonds is 23. The first-order valence-corrected chi connectivity index (χ1v) is 18.0. The van der Waals surface area contributed by atoms with Gasteiger partial charge in [0.1, 0.15) is 0 Å². The Morgan fingerprint density at radius 3 is 1.19 bits per heavy atom. The van der Waals surface area contributed by atoms with E-state index in [1.165, 1.54) is 166 Å². The Hall–Kier alpha value is 0.177. The van der Waals surface area contributed by atoms with E-state index >= 15 is 0 Å². The monoisotopic (exact) mass is 466 g/mol. The Morgan fingerprint density at radius 1 is 0.469 bits per heavy atom. The maximum absolute atomic E-state index is 7.30. The second-order valence-corrected chi connectivity index (χ2v) is 15.2. The van der Waals surface area contributed by atoms with Crippen LogP contribution in [-0.4, -0.2) is 14.4 Å². The Balaban J connectivity index is 2.63. The summed E-state index contributed by atoms with van der Waals surface area (Å²) in [7, 11) is -1.59. The second-order valence-electron chi connectivity index (χ2n) is 11.1. The fourth-order valence-corrected chi connectivity index (χ4v) is 10.5. The van der Waals surface area contributed by atoms with Crippen molar-refractivity contribution in [1.82, 2.24) is 0 Å². The summed E-state index contributed by atoms with van der Waals surface area (Å²) in [5.41, 5.74) is 0. The van der Waals surface area contributed by atoms with E-state index in [0.717, 1.165) is 0 Å². The zero-order valence-corrected chi connectivity index (χ0v) is 23.9. The van der Waals surface area contributed by atoms with Gasteiger partial charge in [-0.2, -0.15) is 0 Å². The number of hydrogen-bond donors (Lipinski definition) is 0. The van der Waals surface area contributed by atoms with Crippen LogP contribution in [0.15, 0.2) is 0 Å². The average molecular weight is 467 g/mol. The third kappa shape index (κ3) is 15.9. The van der Waals surface area contributed by atoms with Gasteiger partial charge >= 0.3 is 0 Å². The number of unbranched alkanes of at least 4 members (excludes halogenated alkanes) is 15. The summed E-state index contributed by atoms with van der Waals surface area (Å²) in [5, 5.41) is 0. The molecule has 0 radical (unpaired) electrons. The summed E-state index contributed by atoms with van der Waals surface area (Å²) >= 11 is 0. The summed E-state index contributed by atoms with van der Waals surface area (Å²) in [6, 6.07) is 4.42. The second kappa shape index (κ2) is 21.7. The molecule has 1 aliphatic carbocycles. The molecule has 0 aromatic heterocycles. The van der Waals surface area contributed by atoms with Gasteiger partial charge in [-0.25, -0.2) is 0 Å². The molecule has 0 aliphatic heterocycles. The molecule has 0 heterocycles. The maximum Gasteiger partial charge on any atom is 0.193 e. The Morgan fingerprint density at radius 2 is 0.812 bits per heavy atom. The van der Waals surface area contributed by atoms with Crippen LogP contribution in [0, 0.1) is 0 Å². The number of hydrogen-bond acceptors (Lipinski definition) is 1. The van der Waals surface area contributed by atoms with Crippen molar-refractivity contribution < 1.29 is 4.43 Å². The van der Waals surface area contributed by atoms with Gasteiger partial charge < -0.3 is 4.43 Å². The van der Waals surface area contributed by atoms with Crippen molar-refractivity contribution >= 4 is 8.32 Å². The van der Waals surface area contributed by atoms with Crippen molar-refractivity contribution in [2.24, 2.45) is 0 Å². The molecule has 0 atom stereocenters. The van der Waals surface area contributed by atoms with Crippen molar-refractivity contribution in [3.63, 3.8) is 0 Å². The molecule has 0 N–H and O–H groups in total. The SMILES string of the molecule is CCCCCCCC[Si](CCCCCCCC)(CCCCCCCC)OC1CCCCC1. The molecule has 1 nitrogen and oxygen atoms in total. The largest absolute Gasteiger partial charge is 0.414 e. The quantitative estimate of drug-likeness (QED) is 0.107. The van der Waals surface area contributed by atoms with Gasteiger partial charge in [0.15, 0.2) is 8.32 Å². The molecule has 1 rings (SSSR count). The first kappa shape index (κ1) is 30.2. The Kier molecular flexibility index (Phi) is 20.5. The molecule has 0 unspecified atom stereocenters. The predicted molar refractivity (Wildman–Crippen MR) is 148 cm³/mol. The lowest BCUT2D eigenvalue weighted by molar-refractivity contribution is 0.139. The van der Waals surface area contributed by atoms with Gasteiger partial charge in [-0.3, -0.25) is 0 Å².